The van der Waals surface area contributed by atoms with E-state index in [2.05, 4.69) is 27.0 Å². The first kappa shape index (κ1) is 15.9. The molecule has 0 aliphatic carbocycles. The van der Waals surface area contributed by atoms with Crippen molar-refractivity contribution < 1.29 is 9.32 Å². The van der Waals surface area contributed by atoms with Crippen LogP contribution in [0.1, 0.15) is 18.6 Å². The minimum atomic E-state index is -0.0734. The highest BCUT2D eigenvalue weighted by atomic mass is 16.5. The molecule has 7 heteroatoms. The fraction of sp³-hybridized carbons (Fsp3) is 0.786. The van der Waals surface area contributed by atoms with E-state index in [4.69, 9.17) is 4.52 Å². The molecule has 0 saturated carbocycles. The summed E-state index contributed by atoms with van der Waals surface area (Å²) in [5, 5.41) is 3.85. The molecule has 1 aliphatic rings. The molecular weight excluding hydrogens is 270 g/mol. The Morgan fingerprint density at radius 2 is 2.05 bits per heavy atom. The van der Waals surface area contributed by atoms with Gasteiger partial charge in [0.2, 0.25) is 11.8 Å². The van der Waals surface area contributed by atoms with Crippen molar-refractivity contribution >= 4 is 5.91 Å². The van der Waals surface area contributed by atoms with Crippen molar-refractivity contribution in [3.05, 3.63) is 11.7 Å². The molecule has 1 atom stereocenters. The summed E-state index contributed by atoms with van der Waals surface area (Å²) in [6.07, 6.45) is 0.620. The van der Waals surface area contributed by atoms with E-state index in [1.54, 1.807) is 11.8 Å². The monoisotopic (exact) mass is 295 g/mol. The molecule has 0 unspecified atom stereocenters. The van der Waals surface area contributed by atoms with Crippen molar-refractivity contribution in [1.82, 2.24) is 24.8 Å². The van der Waals surface area contributed by atoms with Crippen molar-refractivity contribution in [3.8, 4) is 0 Å². The van der Waals surface area contributed by atoms with E-state index >= 15 is 0 Å². The maximum Gasteiger partial charge on any atom is 0.239 e. The van der Waals surface area contributed by atoms with Crippen molar-refractivity contribution in [1.29, 1.82) is 0 Å². The van der Waals surface area contributed by atoms with Gasteiger partial charge in [-0.2, -0.15) is 4.98 Å². The molecule has 0 N–H and O–H groups in total. The van der Waals surface area contributed by atoms with Gasteiger partial charge in [0.1, 0.15) is 0 Å². The van der Waals surface area contributed by atoms with E-state index in [1.807, 2.05) is 14.0 Å². The van der Waals surface area contributed by atoms with Crippen LogP contribution < -0.4 is 0 Å². The second kappa shape index (κ2) is 7.00. The second-order valence-electron chi connectivity index (χ2n) is 5.75. The van der Waals surface area contributed by atoms with Gasteiger partial charge < -0.3 is 14.3 Å². The van der Waals surface area contributed by atoms with Crippen molar-refractivity contribution in [2.45, 2.75) is 26.3 Å². The minimum Gasteiger partial charge on any atom is -0.344 e. The van der Waals surface area contributed by atoms with Gasteiger partial charge in [-0.1, -0.05) is 5.16 Å². The van der Waals surface area contributed by atoms with Crippen LogP contribution in [0.3, 0.4) is 0 Å². The quantitative estimate of drug-likeness (QED) is 0.763. The number of rotatable bonds is 5. The van der Waals surface area contributed by atoms with Crippen LogP contribution in [-0.2, 0) is 11.2 Å². The van der Waals surface area contributed by atoms with Gasteiger partial charge in [-0.3, -0.25) is 9.69 Å². The van der Waals surface area contributed by atoms with Crippen molar-refractivity contribution in [2.75, 3.05) is 46.8 Å². The minimum absolute atomic E-state index is 0.0734. The molecule has 0 bridgehead atoms. The van der Waals surface area contributed by atoms with Crippen LogP contribution in [0.5, 0.6) is 0 Å². The summed E-state index contributed by atoms with van der Waals surface area (Å²) in [6, 6.07) is -0.0734. The molecule has 0 spiro atoms. The number of carbonyl (C=O) groups excluding carboxylic acids is 1. The number of aryl methyl sites for hydroxylation is 1. The van der Waals surface area contributed by atoms with Crippen molar-refractivity contribution in [3.63, 3.8) is 0 Å². The first-order valence-electron chi connectivity index (χ1n) is 7.44. The number of likely N-dealkylation sites (N-methyl/N-ethyl adjacent to an activating group) is 2. The summed E-state index contributed by atoms with van der Waals surface area (Å²) < 4.78 is 4.93. The maximum absolute atomic E-state index is 12.5. The zero-order valence-corrected chi connectivity index (χ0v) is 13.4. The van der Waals surface area contributed by atoms with E-state index in [1.165, 1.54) is 0 Å². The number of hydrogen-bond donors (Lipinski definition) is 0. The molecule has 1 aromatic rings. The Hall–Kier alpha value is -1.47. The summed E-state index contributed by atoms with van der Waals surface area (Å²) in [7, 11) is 3.95. The SMILES string of the molecule is Cc1nc(CCN(C)C(=O)[C@@H](C)N2CCN(C)CC2)no1. The Kier molecular flexibility index (Phi) is 5.30. The molecule has 1 aliphatic heterocycles. The van der Waals surface area contributed by atoms with Gasteiger partial charge in [0.05, 0.1) is 6.04 Å². The fourth-order valence-corrected chi connectivity index (χ4v) is 2.51. The summed E-state index contributed by atoms with van der Waals surface area (Å²) in [5.41, 5.74) is 0. The highest BCUT2D eigenvalue weighted by Crippen LogP contribution is 2.08. The van der Waals surface area contributed by atoms with Gasteiger partial charge in [0.25, 0.3) is 0 Å². The molecule has 2 heterocycles. The largest absolute Gasteiger partial charge is 0.344 e. The summed E-state index contributed by atoms with van der Waals surface area (Å²) in [6.45, 7) is 8.29. The molecule has 7 nitrogen and oxygen atoms in total. The number of hydrogen-bond acceptors (Lipinski definition) is 6. The lowest BCUT2D eigenvalue weighted by molar-refractivity contribution is -0.135. The van der Waals surface area contributed by atoms with Gasteiger partial charge in [-0.05, 0) is 14.0 Å². The number of amides is 1. The van der Waals surface area contributed by atoms with Gasteiger partial charge in [0.15, 0.2) is 5.82 Å². The number of piperazine rings is 1. The molecule has 1 saturated heterocycles. The highest BCUT2D eigenvalue weighted by molar-refractivity contribution is 5.81. The topological polar surface area (TPSA) is 65.7 Å². The third kappa shape index (κ3) is 4.25. The van der Waals surface area contributed by atoms with E-state index in [0.29, 0.717) is 24.7 Å². The predicted octanol–water partition coefficient (Wildman–Crippen LogP) is 0.0148. The van der Waals surface area contributed by atoms with Crippen molar-refractivity contribution in [2.24, 2.45) is 0 Å². The summed E-state index contributed by atoms with van der Waals surface area (Å²) >= 11 is 0. The molecule has 1 aromatic heterocycles. The van der Waals surface area contributed by atoms with Crippen LogP contribution in [0.2, 0.25) is 0 Å². The van der Waals surface area contributed by atoms with Gasteiger partial charge in [0, 0.05) is 53.1 Å². The Balaban J connectivity index is 1.80. The molecule has 118 valence electrons. The predicted molar refractivity (Wildman–Crippen MR) is 78.9 cm³/mol. The van der Waals surface area contributed by atoms with Crippen LogP contribution in [0, 0.1) is 6.92 Å². The maximum atomic E-state index is 12.5. The van der Waals surface area contributed by atoms with Crippen LogP contribution in [0.25, 0.3) is 0 Å². The Morgan fingerprint density at radius 3 is 2.62 bits per heavy atom. The number of nitrogens with zero attached hydrogens (tertiary/aromatic N) is 5. The zero-order valence-electron chi connectivity index (χ0n) is 13.4. The van der Waals surface area contributed by atoms with Gasteiger partial charge >= 0.3 is 0 Å². The number of carbonyl (C=O) groups is 1. The summed E-state index contributed by atoms with van der Waals surface area (Å²) in [5.74, 6) is 1.36. The Bertz CT molecular complexity index is 468. The van der Waals surface area contributed by atoms with Crippen LogP contribution in [0.15, 0.2) is 4.52 Å². The molecule has 1 amide bonds. The third-order valence-electron chi connectivity index (χ3n) is 4.06. The highest BCUT2D eigenvalue weighted by Gasteiger charge is 2.26. The molecule has 0 aromatic carbocycles. The zero-order chi connectivity index (χ0) is 15.4. The molecule has 21 heavy (non-hydrogen) atoms. The molecular formula is C14H25N5O2. The van der Waals surface area contributed by atoms with Gasteiger partial charge in [-0.15, -0.1) is 0 Å². The molecule has 0 radical (unpaired) electrons. The van der Waals surface area contributed by atoms with Crippen LogP contribution >= 0.6 is 0 Å². The molecule has 1 fully saturated rings. The smallest absolute Gasteiger partial charge is 0.239 e. The lowest BCUT2D eigenvalue weighted by atomic mass is 10.2. The lowest BCUT2D eigenvalue weighted by Gasteiger charge is -2.37. The average molecular weight is 295 g/mol. The number of aromatic nitrogens is 2. The van der Waals surface area contributed by atoms with E-state index in [0.717, 1.165) is 26.2 Å². The fourth-order valence-electron chi connectivity index (χ4n) is 2.51. The first-order valence-corrected chi connectivity index (χ1v) is 7.44. The van der Waals surface area contributed by atoms with E-state index in [-0.39, 0.29) is 11.9 Å². The molecule has 2 rings (SSSR count). The second-order valence-corrected chi connectivity index (χ2v) is 5.75. The van der Waals surface area contributed by atoms with Gasteiger partial charge in [-0.25, -0.2) is 0 Å². The standard InChI is InChI=1S/C14H25N5O2/c1-11(19-9-7-17(3)8-10-19)14(20)18(4)6-5-13-15-12(2)21-16-13/h11H,5-10H2,1-4H3/t11-/m1/s1. The normalized spacial score (nSPS) is 18.7. The lowest BCUT2D eigenvalue weighted by Crippen LogP contribution is -2.53. The van der Waals surface area contributed by atoms with E-state index in [9.17, 15) is 4.79 Å². The average Bonchev–Trinajstić information content (AvgIpc) is 2.89. The Labute approximate surface area is 125 Å². The first-order chi connectivity index (χ1) is 9.97. The van der Waals surface area contributed by atoms with Crippen LogP contribution in [-0.4, -0.2) is 83.6 Å². The summed E-state index contributed by atoms with van der Waals surface area (Å²) in [4.78, 5) is 22.9. The van der Waals surface area contributed by atoms with Crippen LogP contribution in [0.4, 0.5) is 0 Å². The Morgan fingerprint density at radius 1 is 1.38 bits per heavy atom. The van der Waals surface area contributed by atoms with E-state index < -0.39 is 0 Å². The third-order valence-corrected chi connectivity index (χ3v) is 4.06.